The van der Waals surface area contributed by atoms with E-state index in [9.17, 15) is 9.59 Å². The van der Waals surface area contributed by atoms with E-state index in [0.29, 0.717) is 37.6 Å². The lowest BCUT2D eigenvalue weighted by molar-refractivity contribution is -0.132. The Morgan fingerprint density at radius 1 is 0.884 bits per heavy atom. The molecule has 0 aliphatic rings. The third-order valence-corrected chi connectivity index (χ3v) is 8.60. The number of methoxy groups -OCH3 is 2. The molecule has 0 aliphatic heterocycles. The maximum absolute atomic E-state index is 13.9. The highest BCUT2D eigenvalue weighted by molar-refractivity contribution is 7.11. The van der Waals surface area contributed by atoms with E-state index in [4.69, 9.17) is 9.47 Å². The number of hydrogen-bond acceptors (Lipinski definition) is 5. The first-order chi connectivity index (χ1) is 20.6. The van der Waals surface area contributed by atoms with Crippen molar-refractivity contribution in [1.29, 1.82) is 0 Å². The van der Waals surface area contributed by atoms with E-state index in [1.807, 2.05) is 23.1 Å². The van der Waals surface area contributed by atoms with Crippen LogP contribution >= 0.6 is 11.3 Å². The summed E-state index contributed by atoms with van der Waals surface area (Å²) in [5, 5.41) is 3.22. The summed E-state index contributed by atoms with van der Waals surface area (Å²) in [7, 11) is 3.24. The standard InChI is InChI=1S/C35H49N3O4S/c1-9-10-19-38(35(40)36-34-29(24(2)3)12-11-13-30(34)25(4)5)23-33(39)37(22-28-16-14-26(6)43-28)20-18-27-15-17-31(41-7)32(21-27)42-8/h11-17,21,24-25H,9-10,18-20,22-23H2,1-8H3,(H,36,40). The second kappa shape index (κ2) is 16.4. The van der Waals surface area contributed by atoms with Gasteiger partial charge in [-0.15, -0.1) is 11.3 Å². The van der Waals surface area contributed by atoms with E-state index in [-0.39, 0.29) is 30.3 Å². The van der Waals surface area contributed by atoms with Crippen molar-refractivity contribution in [3.8, 4) is 11.5 Å². The van der Waals surface area contributed by atoms with E-state index >= 15 is 0 Å². The molecular formula is C35H49N3O4S. The van der Waals surface area contributed by atoms with Gasteiger partial charge in [0.05, 0.1) is 20.8 Å². The van der Waals surface area contributed by atoms with E-state index in [0.717, 1.165) is 40.1 Å². The van der Waals surface area contributed by atoms with Crippen molar-refractivity contribution in [1.82, 2.24) is 9.80 Å². The van der Waals surface area contributed by atoms with Crippen molar-refractivity contribution in [3.05, 3.63) is 75.0 Å². The minimum absolute atomic E-state index is 0.0168. The number of amides is 3. The average molecular weight is 608 g/mol. The first-order valence-corrected chi connectivity index (χ1v) is 16.1. The Morgan fingerprint density at radius 2 is 1.56 bits per heavy atom. The molecule has 0 bridgehead atoms. The molecule has 1 aromatic heterocycles. The molecule has 0 saturated carbocycles. The molecule has 1 N–H and O–H groups in total. The lowest BCUT2D eigenvalue weighted by Crippen LogP contribution is -2.45. The summed E-state index contributed by atoms with van der Waals surface area (Å²) in [4.78, 5) is 33.6. The van der Waals surface area contributed by atoms with Crippen molar-refractivity contribution in [3.63, 3.8) is 0 Å². The molecule has 0 aliphatic carbocycles. The molecule has 0 atom stereocenters. The van der Waals surface area contributed by atoms with Crippen molar-refractivity contribution in [2.45, 2.75) is 79.2 Å². The molecule has 0 radical (unpaired) electrons. The van der Waals surface area contributed by atoms with Gasteiger partial charge in [0.1, 0.15) is 6.54 Å². The fourth-order valence-corrected chi connectivity index (χ4v) is 6.00. The predicted octanol–water partition coefficient (Wildman–Crippen LogP) is 8.23. The Hall–Kier alpha value is -3.52. The topological polar surface area (TPSA) is 71.1 Å². The van der Waals surface area contributed by atoms with Crippen LogP contribution in [0.15, 0.2) is 48.5 Å². The molecule has 7 nitrogen and oxygen atoms in total. The highest BCUT2D eigenvalue weighted by Gasteiger charge is 2.24. The van der Waals surface area contributed by atoms with Gasteiger partial charge in [-0.2, -0.15) is 0 Å². The van der Waals surface area contributed by atoms with E-state index in [2.05, 4.69) is 77.2 Å². The molecule has 3 aromatic rings. The van der Waals surface area contributed by atoms with E-state index in [1.165, 1.54) is 4.88 Å². The van der Waals surface area contributed by atoms with Crippen molar-refractivity contribution in [2.75, 3.05) is 39.2 Å². The second-order valence-electron chi connectivity index (χ2n) is 11.6. The molecule has 0 saturated heterocycles. The maximum atomic E-state index is 13.9. The summed E-state index contributed by atoms with van der Waals surface area (Å²) in [5.41, 5.74) is 4.12. The summed E-state index contributed by atoms with van der Waals surface area (Å²) in [5.74, 6) is 1.77. The number of nitrogens with zero attached hydrogens (tertiary/aromatic N) is 2. The molecule has 2 aromatic carbocycles. The highest BCUT2D eigenvalue weighted by atomic mass is 32.1. The Morgan fingerprint density at radius 3 is 2.12 bits per heavy atom. The van der Waals surface area contributed by atoms with Crippen LogP contribution in [0.5, 0.6) is 11.5 Å². The zero-order valence-corrected chi connectivity index (χ0v) is 28.0. The van der Waals surface area contributed by atoms with Gasteiger partial charge >= 0.3 is 6.03 Å². The van der Waals surface area contributed by atoms with Gasteiger partial charge in [-0.1, -0.05) is 65.3 Å². The summed E-state index contributed by atoms with van der Waals surface area (Å²) >= 11 is 1.69. The van der Waals surface area contributed by atoms with Crippen LogP contribution in [0.1, 0.15) is 85.7 Å². The minimum atomic E-state index is -0.233. The Balaban J connectivity index is 1.84. The summed E-state index contributed by atoms with van der Waals surface area (Å²) < 4.78 is 10.9. The van der Waals surface area contributed by atoms with Crippen LogP contribution in [0.3, 0.4) is 0 Å². The molecule has 1 heterocycles. The Labute approximate surface area is 262 Å². The van der Waals surface area contributed by atoms with Gasteiger partial charge in [0.2, 0.25) is 5.91 Å². The van der Waals surface area contributed by atoms with E-state index < -0.39 is 0 Å². The third kappa shape index (κ3) is 9.48. The first-order valence-electron chi connectivity index (χ1n) is 15.3. The molecule has 0 spiro atoms. The minimum Gasteiger partial charge on any atom is -0.493 e. The fraction of sp³-hybridized carbons (Fsp3) is 0.486. The fourth-order valence-electron chi connectivity index (χ4n) is 5.10. The Bertz CT molecular complexity index is 1320. The van der Waals surface area contributed by atoms with Crippen molar-refractivity contribution < 1.29 is 19.1 Å². The van der Waals surface area contributed by atoms with Crippen molar-refractivity contribution in [2.24, 2.45) is 0 Å². The smallest absolute Gasteiger partial charge is 0.322 e. The number of urea groups is 1. The van der Waals surface area contributed by atoms with Crippen LogP contribution in [-0.4, -0.2) is 55.6 Å². The molecule has 234 valence electrons. The van der Waals surface area contributed by atoms with Crippen molar-refractivity contribution >= 4 is 29.0 Å². The number of nitrogens with one attached hydrogen (secondary N) is 1. The second-order valence-corrected chi connectivity index (χ2v) is 13.0. The number of unbranched alkanes of at least 4 members (excludes halogenated alkanes) is 1. The lowest BCUT2D eigenvalue weighted by atomic mass is 9.93. The van der Waals surface area contributed by atoms with Gasteiger partial charge < -0.3 is 24.6 Å². The van der Waals surface area contributed by atoms with Crippen LogP contribution in [0, 0.1) is 6.92 Å². The monoisotopic (exact) mass is 607 g/mol. The number of carbonyl (C=O) groups is 2. The number of rotatable bonds is 15. The SMILES string of the molecule is CCCCN(CC(=O)N(CCc1ccc(OC)c(OC)c1)Cc1ccc(C)s1)C(=O)Nc1c(C(C)C)cccc1C(C)C. The predicted molar refractivity (Wildman–Crippen MR) is 178 cm³/mol. The molecule has 8 heteroatoms. The number of benzene rings is 2. The largest absolute Gasteiger partial charge is 0.493 e. The number of carbonyl (C=O) groups excluding carboxylic acids is 2. The number of aryl methyl sites for hydroxylation is 1. The molecule has 3 rings (SSSR count). The third-order valence-electron chi connectivity index (χ3n) is 7.61. The average Bonchev–Trinajstić information content (AvgIpc) is 3.40. The summed E-state index contributed by atoms with van der Waals surface area (Å²) in [6.45, 7) is 14.3. The summed E-state index contributed by atoms with van der Waals surface area (Å²) in [6, 6.07) is 16.0. The molecule has 0 unspecified atom stereocenters. The highest BCUT2D eigenvalue weighted by Crippen LogP contribution is 2.33. The molecular weight excluding hydrogens is 558 g/mol. The lowest BCUT2D eigenvalue weighted by Gasteiger charge is -2.29. The number of para-hydroxylation sites is 1. The molecule has 43 heavy (non-hydrogen) atoms. The van der Waals surface area contributed by atoms with Gasteiger partial charge in [0.15, 0.2) is 11.5 Å². The van der Waals surface area contributed by atoms with Gasteiger partial charge in [0.25, 0.3) is 0 Å². The zero-order valence-electron chi connectivity index (χ0n) is 27.2. The van der Waals surface area contributed by atoms with Crippen LogP contribution in [0.2, 0.25) is 0 Å². The number of ether oxygens (including phenoxy) is 2. The van der Waals surface area contributed by atoms with E-state index in [1.54, 1.807) is 30.5 Å². The van der Waals surface area contributed by atoms with Gasteiger partial charge in [-0.25, -0.2) is 4.79 Å². The van der Waals surface area contributed by atoms with Crippen LogP contribution < -0.4 is 14.8 Å². The zero-order chi connectivity index (χ0) is 31.5. The number of thiophene rings is 1. The number of hydrogen-bond donors (Lipinski definition) is 1. The first kappa shape index (κ1) is 34.0. The quantitative estimate of drug-likeness (QED) is 0.189. The molecule has 0 fully saturated rings. The number of anilines is 1. The summed E-state index contributed by atoms with van der Waals surface area (Å²) in [6.07, 6.45) is 2.39. The maximum Gasteiger partial charge on any atom is 0.322 e. The van der Waals surface area contributed by atoms with Gasteiger partial charge in [-0.05, 0) is 72.6 Å². The van der Waals surface area contributed by atoms with Crippen LogP contribution in [0.25, 0.3) is 0 Å². The normalized spacial score (nSPS) is 11.1. The van der Waals surface area contributed by atoms with Crippen LogP contribution in [-0.2, 0) is 17.8 Å². The Kier molecular flexibility index (Phi) is 12.9. The molecule has 3 amide bonds. The van der Waals surface area contributed by atoms with Crippen LogP contribution in [0.4, 0.5) is 10.5 Å². The van der Waals surface area contributed by atoms with Gasteiger partial charge in [-0.3, -0.25) is 4.79 Å². The van der Waals surface area contributed by atoms with Gasteiger partial charge in [0, 0.05) is 28.5 Å².